The highest BCUT2D eigenvalue weighted by Gasteiger charge is 2.32. The van der Waals surface area contributed by atoms with Gasteiger partial charge in [-0.25, -0.2) is 0 Å². The third-order valence-corrected chi connectivity index (χ3v) is 2.80. The molecule has 1 N–H and O–H groups in total. The molecule has 0 bridgehead atoms. The molecule has 9 heteroatoms. The van der Waals surface area contributed by atoms with E-state index in [1.54, 1.807) is 0 Å². The Balaban J connectivity index is 3.41. The van der Waals surface area contributed by atoms with E-state index >= 15 is 0 Å². The maximum absolute atomic E-state index is 11.2. The van der Waals surface area contributed by atoms with Gasteiger partial charge in [0.25, 0.3) is 5.75 Å². The molecule has 0 heterocycles. The number of rotatable bonds is 6. The summed E-state index contributed by atoms with van der Waals surface area (Å²) >= 11 is 0. The van der Waals surface area contributed by atoms with E-state index in [1.165, 1.54) is 33.8 Å². The van der Waals surface area contributed by atoms with Gasteiger partial charge >= 0.3 is 11.4 Å². The minimum absolute atomic E-state index is 0.268. The van der Waals surface area contributed by atoms with Crippen molar-refractivity contribution < 1.29 is 24.4 Å². The monoisotopic (exact) mass is 300 g/mol. The van der Waals surface area contributed by atoms with Gasteiger partial charge in [-0.3, -0.25) is 20.2 Å². The summed E-state index contributed by atoms with van der Waals surface area (Å²) in [5, 5.41) is 31.3. The van der Waals surface area contributed by atoms with Crippen LogP contribution in [0, 0.1) is 34.1 Å². The number of benzene rings is 1. The number of aryl methyl sites for hydroxylation is 1. The maximum Gasteiger partial charge on any atom is 0.321 e. The van der Waals surface area contributed by atoms with Crippen molar-refractivity contribution in [3.63, 3.8) is 0 Å². The van der Waals surface area contributed by atoms with Crippen molar-refractivity contribution in [1.29, 1.82) is 0 Å². The second-order valence-corrected chi connectivity index (χ2v) is 4.45. The lowest BCUT2D eigenvalue weighted by molar-refractivity contribution is -0.397. The van der Waals surface area contributed by atoms with Crippen LogP contribution in [-0.2, 0) is 4.74 Å². The Hall–Kier alpha value is -2.26. The SMILES string of the molecule is Cc1cc([N+](=O)[O-])c(OC(C)OC(C)O)c([N+](=O)[O-])c1C. The predicted molar refractivity (Wildman–Crippen MR) is 72.1 cm³/mol. The average Bonchev–Trinajstić information content (AvgIpc) is 2.31. The average molecular weight is 300 g/mol. The zero-order valence-corrected chi connectivity index (χ0v) is 12.0. The van der Waals surface area contributed by atoms with Crippen LogP contribution in [0.1, 0.15) is 25.0 Å². The third-order valence-electron chi connectivity index (χ3n) is 2.80. The highest BCUT2D eigenvalue weighted by Crippen LogP contribution is 2.41. The van der Waals surface area contributed by atoms with E-state index in [1.807, 2.05) is 0 Å². The summed E-state index contributed by atoms with van der Waals surface area (Å²) in [4.78, 5) is 20.8. The summed E-state index contributed by atoms with van der Waals surface area (Å²) in [5.41, 5.74) is -0.330. The Morgan fingerprint density at radius 2 is 1.76 bits per heavy atom. The quantitative estimate of drug-likeness (QED) is 0.485. The lowest BCUT2D eigenvalue weighted by Gasteiger charge is -2.17. The van der Waals surface area contributed by atoms with Crippen LogP contribution in [0.4, 0.5) is 11.4 Å². The first-order valence-electron chi connectivity index (χ1n) is 6.08. The van der Waals surface area contributed by atoms with E-state index in [0.29, 0.717) is 5.56 Å². The van der Waals surface area contributed by atoms with Crippen molar-refractivity contribution in [2.75, 3.05) is 0 Å². The molecule has 0 aliphatic rings. The van der Waals surface area contributed by atoms with E-state index in [9.17, 15) is 20.2 Å². The van der Waals surface area contributed by atoms with E-state index < -0.39 is 39.6 Å². The Morgan fingerprint density at radius 1 is 1.19 bits per heavy atom. The molecular formula is C12H16N2O7. The molecule has 0 saturated heterocycles. The molecule has 0 radical (unpaired) electrons. The summed E-state index contributed by atoms with van der Waals surface area (Å²) in [6.07, 6.45) is -2.27. The van der Waals surface area contributed by atoms with E-state index in [2.05, 4.69) is 0 Å². The molecule has 0 spiro atoms. The predicted octanol–water partition coefficient (Wildman–Crippen LogP) is 2.20. The number of aliphatic hydroxyl groups is 1. The number of nitrogens with zero attached hydrogens (tertiary/aromatic N) is 2. The molecule has 0 amide bonds. The Morgan fingerprint density at radius 3 is 2.19 bits per heavy atom. The van der Waals surface area contributed by atoms with Crippen molar-refractivity contribution in [2.24, 2.45) is 0 Å². The van der Waals surface area contributed by atoms with Crippen molar-refractivity contribution >= 4 is 11.4 Å². The fourth-order valence-electron chi connectivity index (χ4n) is 1.80. The molecule has 21 heavy (non-hydrogen) atoms. The van der Waals surface area contributed by atoms with Gasteiger partial charge in [0.05, 0.1) is 9.85 Å². The molecule has 0 aliphatic carbocycles. The molecular weight excluding hydrogens is 284 g/mol. The molecule has 1 rings (SSSR count). The van der Waals surface area contributed by atoms with Crippen LogP contribution in [0.2, 0.25) is 0 Å². The van der Waals surface area contributed by atoms with Gasteiger partial charge in [-0.1, -0.05) is 0 Å². The molecule has 0 saturated carbocycles. The summed E-state index contributed by atoms with van der Waals surface area (Å²) in [7, 11) is 0. The first kappa shape index (κ1) is 16.8. The normalized spacial score (nSPS) is 13.6. The lowest BCUT2D eigenvalue weighted by atomic mass is 10.1. The van der Waals surface area contributed by atoms with Gasteiger partial charge in [0.1, 0.15) is 0 Å². The van der Waals surface area contributed by atoms with Crippen LogP contribution in [0.5, 0.6) is 5.75 Å². The fraction of sp³-hybridized carbons (Fsp3) is 0.500. The van der Waals surface area contributed by atoms with Crippen molar-refractivity contribution in [2.45, 2.75) is 40.3 Å². The van der Waals surface area contributed by atoms with Gasteiger partial charge in [-0.2, -0.15) is 0 Å². The lowest BCUT2D eigenvalue weighted by Crippen LogP contribution is -2.23. The molecule has 9 nitrogen and oxygen atoms in total. The van der Waals surface area contributed by atoms with Gasteiger partial charge < -0.3 is 14.6 Å². The zero-order valence-electron chi connectivity index (χ0n) is 12.0. The smallest absolute Gasteiger partial charge is 0.321 e. The van der Waals surface area contributed by atoms with E-state index in [4.69, 9.17) is 14.6 Å². The summed E-state index contributed by atoms with van der Waals surface area (Å²) in [5.74, 6) is -0.485. The van der Waals surface area contributed by atoms with Crippen molar-refractivity contribution in [1.82, 2.24) is 0 Å². The second kappa shape index (κ2) is 6.46. The number of ether oxygens (including phenoxy) is 2. The van der Waals surface area contributed by atoms with Crippen LogP contribution in [0.15, 0.2) is 6.07 Å². The van der Waals surface area contributed by atoms with E-state index in [-0.39, 0.29) is 5.56 Å². The number of nitro benzene ring substituents is 2. The molecule has 116 valence electrons. The number of hydrogen-bond acceptors (Lipinski definition) is 7. The maximum atomic E-state index is 11.2. The first-order chi connectivity index (χ1) is 9.65. The van der Waals surface area contributed by atoms with Gasteiger partial charge in [0.2, 0.25) is 0 Å². The van der Waals surface area contributed by atoms with Crippen LogP contribution in [0.3, 0.4) is 0 Å². The Bertz CT molecular complexity index is 571. The molecule has 0 aromatic heterocycles. The molecule has 2 unspecified atom stereocenters. The Kier molecular flexibility index (Phi) is 5.17. The standard InChI is InChI=1S/C12H16N2O7/c1-6-5-10(13(16)17)12(11(7(6)2)14(18)19)21-9(4)20-8(3)15/h5,8-9,15H,1-4H3. The third kappa shape index (κ3) is 3.86. The number of nitro groups is 2. The van der Waals surface area contributed by atoms with Crippen molar-refractivity contribution in [3.8, 4) is 5.75 Å². The van der Waals surface area contributed by atoms with Crippen LogP contribution in [-0.4, -0.2) is 27.5 Å². The van der Waals surface area contributed by atoms with Gasteiger partial charge in [0, 0.05) is 11.6 Å². The second-order valence-electron chi connectivity index (χ2n) is 4.45. The highest BCUT2D eigenvalue weighted by atomic mass is 16.7. The molecule has 1 aromatic carbocycles. The van der Waals surface area contributed by atoms with Crippen LogP contribution >= 0.6 is 0 Å². The summed E-state index contributed by atoms with van der Waals surface area (Å²) < 4.78 is 10.1. The number of hydrogen-bond donors (Lipinski definition) is 1. The largest absolute Gasteiger partial charge is 0.452 e. The van der Waals surface area contributed by atoms with Crippen LogP contribution < -0.4 is 4.74 Å². The van der Waals surface area contributed by atoms with Gasteiger partial charge in [-0.05, 0) is 33.3 Å². The zero-order chi connectivity index (χ0) is 16.3. The van der Waals surface area contributed by atoms with Crippen molar-refractivity contribution in [3.05, 3.63) is 37.4 Å². The molecule has 1 aromatic rings. The summed E-state index contributed by atoms with van der Waals surface area (Å²) in [6, 6.07) is 1.20. The van der Waals surface area contributed by atoms with Gasteiger partial charge in [-0.15, -0.1) is 0 Å². The van der Waals surface area contributed by atoms with Crippen LogP contribution in [0.25, 0.3) is 0 Å². The van der Waals surface area contributed by atoms with Gasteiger partial charge in [0.15, 0.2) is 12.6 Å². The Labute approximate surface area is 120 Å². The number of aliphatic hydroxyl groups excluding tert-OH is 1. The molecule has 0 aliphatic heterocycles. The highest BCUT2D eigenvalue weighted by molar-refractivity contribution is 5.66. The molecule has 2 atom stereocenters. The van der Waals surface area contributed by atoms with E-state index in [0.717, 1.165) is 0 Å². The summed E-state index contributed by atoms with van der Waals surface area (Å²) in [6.45, 7) is 5.71. The minimum Gasteiger partial charge on any atom is -0.452 e. The fourth-order valence-corrected chi connectivity index (χ4v) is 1.80. The first-order valence-corrected chi connectivity index (χ1v) is 6.08. The minimum atomic E-state index is -1.18. The molecule has 0 fully saturated rings. The topological polar surface area (TPSA) is 125 Å².